The average molecular weight is 301 g/mol. The van der Waals surface area contributed by atoms with Gasteiger partial charge in [0.2, 0.25) is 0 Å². The van der Waals surface area contributed by atoms with Gasteiger partial charge in [-0.3, -0.25) is 0 Å². The van der Waals surface area contributed by atoms with E-state index in [0.717, 1.165) is 32.0 Å². The number of aromatic nitrogens is 1. The fourth-order valence-corrected chi connectivity index (χ4v) is 2.24. The largest absolute Gasteiger partial charge is 0.391 e. The lowest BCUT2D eigenvalue weighted by molar-refractivity contribution is 0.146. The summed E-state index contributed by atoms with van der Waals surface area (Å²) >= 11 is 0. The minimum Gasteiger partial charge on any atom is -0.391 e. The molecule has 1 saturated heterocycles. The lowest BCUT2D eigenvalue weighted by atomic mass is 10.1. The molecule has 2 atom stereocenters. The first-order valence-electron chi connectivity index (χ1n) is 6.96. The van der Waals surface area contributed by atoms with Crippen LogP contribution in [0.3, 0.4) is 0 Å². The van der Waals surface area contributed by atoms with Crippen LogP contribution in [0.1, 0.15) is 12.5 Å². The van der Waals surface area contributed by atoms with E-state index in [9.17, 15) is 5.11 Å². The second-order valence-electron chi connectivity index (χ2n) is 5.16. The normalized spacial score (nSPS) is 21.6. The summed E-state index contributed by atoms with van der Waals surface area (Å²) in [4.78, 5) is 6.55. The minimum absolute atomic E-state index is 0. The summed E-state index contributed by atoms with van der Waals surface area (Å²) < 4.78 is 0. The van der Waals surface area contributed by atoms with Gasteiger partial charge >= 0.3 is 0 Å². The van der Waals surface area contributed by atoms with Crippen molar-refractivity contribution in [2.45, 2.75) is 19.6 Å². The van der Waals surface area contributed by atoms with E-state index in [1.807, 2.05) is 19.3 Å². The summed E-state index contributed by atoms with van der Waals surface area (Å²) in [6.45, 7) is 6.31. The molecule has 1 aromatic heterocycles. The van der Waals surface area contributed by atoms with Crippen molar-refractivity contribution in [3.8, 4) is 0 Å². The molecule has 20 heavy (non-hydrogen) atoms. The van der Waals surface area contributed by atoms with Crippen molar-refractivity contribution in [2.24, 2.45) is 5.92 Å². The van der Waals surface area contributed by atoms with Crippen molar-refractivity contribution < 1.29 is 5.11 Å². The maximum Gasteiger partial charge on any atom is 0.128 e. The van der Waals surface area contributed by atoms with Crippen LogP contribution in [0.5, 0.6) is 0 Å². The Kier molecular flexibility index (Phi) is 7.23. The number of pyridine rings is 1. The lowest BCUT2D eigenvalue weighted by Crippen LogP contribution is -2.30. The molecule has 1 aliphatic rings. The number of nitrogens with one attached hydrogen (secondary N) is 2. The third-order valence-electron chi connectivity index (χ3n) is 3.71. The molecular weight excluding hydrogens is 276 g/mol. The van der Waals surface area contributed by atoms with Crippen LogP contribution in [0, 0.1) is 5.92 Å². The van der Waals surface area contributed by atoms with Crippen molar-refractivity contribution in [3.63, 3.8) is 0 Å². The third kappa shape index (κ3) is 4.59. The second-order valence-corrected chi connectivity index (χ2v) is 5.16. The molecule has 2 rings (SSSR count). The van der Waals surface area contributed by atoms with Gasteiger partial charge in [-0.2, -0.15) is 0 Å². The van der Waals surface area contributed by atoms with E-state index in [1.165, 1.54) is 5.56 Å². The molecule has 2 heterocycles. The van der Waals surface area contributed by atoms with Crippen LogP contribution in [0.2, 0.25) is 0 Å². The number of β-amino-alcohol motifs (C(OH)–C–C–N with tert-alkyl or cyclic N) is 1. The fraction of sp³-hybridized carbons (Fsp3) is 0.643. The summed E-state index contributed by atoms with van der Waals surface area (Å²) in [5, 5.41) is 16.3. The van der Waals surface area contributed by atoms with Gasteiger partial charge in [0.25, 0.3) is 0 Å². The van der Waals surface area contributed by atoms with Crippen LogP contribution in [0.15, 0.2) is 18.3 Å². The Hall–Kier alpha value is -0.880. The van der Waals surface area contributed by atoms with Crippen LogP contribution in [-0.2, 0) is 6.54 Å². The molecule has 1 fully saturated rings. The summed E-state index contributed by atoms with van der Waals surface area (Å²) in [5.74, 6) is 1.32. The van der Waals surface area contributed by atoms with E-state index in [1.54, 1.807) is 0 Å². The molecule has 0 spiro atoms. The minimum atomic E-state index is -0.216. The van der Waals surface area contributed by atoms with Crippen LogP contribution in [0.4, 0.5) is 5.82 Å². The molecule has 2 unspecified atom stereocenters. The Bertz CT molecular complexity index is 387. The van der Waals surface area contributed by atoms with Crippen molar-refractivity contribution >= 4 is 18.2 Å². The predicted octanol–water partition coefficient (Wildman–Crippen LogP) is 0.629. The molecule has 3 N–H and O–H groups in total. The van der Waals surface area contributed by atoms with Crippen LogP contribution >= 0.6 is 12.4 Å². The van der Waals surface area contributed by atoms with Crippen LogP contribution in [0.25, 0.3) is 0 Å². The van der Waals surface area contributed by atoms with Gasteiger partial charge in [-0.1, -0.05) is 6.07 Å². The summed E-state index contributed by atoms with van der Waals surface area (Å²) in [6, 6.07) is 4.15. The molecule has 0 radical (unpaired) electrons. The van der Waals surface area contributed by atoms with E-state index in [2.05, 4.69) is 33.5 Å². The first-order chi connectivity index (χ1) is 9.20. The van der Waals surface area contributed by atoms with Crippen LogP contribution in [-0.4, -0.2) is 49.4 Å². The number of aliphatic hydroxyl groups excluding tert-OH is 1. The Balaban J connectivity index is 0.00000200. The standard InChI is InChI=1S/C14H24N4O.ClH/c1-3-18(2)14-5-4-11(7-17-14)6-15-8-12-9-16-10-13(12)19;/h4-5,7,12-13,15-16,19H,3,6,8-10H2,1-2H3;1H. The highest BCUT2D eigenvalue weighted by molar-refractivity contribution is 5.85. The van der Waals surface area contributed by atoms with Gasteiger partial charge in [0.1, 0.15) is 5.82 Å². The molecule has 0 saturated carbocycles. The molecule has 1 aliphatic heterocycles. The van der Waals surface area contributed by atoms with E-state index in [4.69, 9.17) is 0 Å². The van der Waals surface area contributed by atoms with Gasteiger partial charge in [0, 0.05) is 51.9 Å². The highest BCUT2D eigenvalue weighted by Gasteiger charge is 2.23. The number of nitrogens with zero attached hydrogens (tertiary/aromatic N) is 2. The molecular formula is C14H25ClN4O. The molecule has 114 valence electrons. The number of halogens is 1. The number of hydrogen-bond acceptors (Lipinski definition) is 5. The molecule has 0 aliphatic carbocycles. The maximum absolute atomic E-state index is 9.69. The molecule has 0 amide bonds. The predicted molar refractivity (Wildman–Crippen MR) is 84.5 cm³/mol. The summed E-state index contributed by atoms with van der Waals surface area (Å²) in [6.07, 6.45) is 1.70. The van der Waals surface area contributed by atoms with E-state index < -0.39 is 0 Å². The zero-order valence-electron chi connectivity index (χ0n) is 12.2. The zero-order valence-corrected chi connectivity index (χ0v) is 13.0. The number of anilines is 1. The highest BCUT2D eigenvalue weighted by atomic mass is 35.5. The van der Waals surface area contributed by atoms with Gasteiger partial charge in [-0.15, -0.1) is 12.4 Å². The SMILES string of the molecule is CCN(C)c1ccc(CNCC2CNCC2O)cn1.Cl. The van der Waals surface area contributed by atoms with Gasteiger partial charge < -0.3 is 20.6 Å². The molecule has 6 heteroatoms. The quantitative estimate of drug-likeness (QED) is 0.719. The molecule has 0 aromatic carbocycles. The second kappa shape index (κ2) is 8.42. The van der Waals surface area contributed by atoms with Gasteiger partial charge in [0.05, 0.1) is 6.10 Å². The zero-order chi connectivity index (χ0) is 13.7. The first kappa shape index (κ1) is 17.2. The fourth-order valence-electron chi connectivity index (χ4n) is 2.24. The van der Waals surface area contributed by atoms with Crippen molar-refractivity contribution in [1.82, 2.24) is 15.6 Å². The van der Waals surface area contributed by atoms with Crippen molar-refractivity contribution in [3.05, 3.63) is 23.9 Å². The maximum atomic E-state index is 9.69. The van der Waals surface area contributed by atoms with Gasteiger partial charge in [-0.05, 0) is 18.6 Å². The van der Waals surface area contributed by atoms with E-state index in [0.29, 0.717) is 12.5 Å². The summed E-state index contributed by atoms with van der Waals surface area (Å²) in [7, 11) is 2.04. The van der Waals surface area contributed by atoms with E-state index in [-0.39, 0.29) is 18.5 Å². The number of aliphatic hydroxyl groups is 1. The number of hydrogen-bond donors (Lipinski definition) is 3. The Morgan fingerprint density at radius 2 is 2.25 bits per heavy atom. The van der Waals surface area contributed by atoms with Crippen molar-refractivity contribution in [2.75, 3.05) is 38.1 Å². The van der Waals surface area contributed by atoms with Gasteiger partial charge in [0.15, 0.2) is 0 Å². The first-order valence-corrected chi connectivity index (χ1v) is 6.96. The molecule has 1 aromatic rings. The van der Waals surface area contributed by atoms with Crippen molar-refractivity contribution in [1.29, 1.82) is 0 Å². The molecule has 0 bridgehead atoms. The smallest absolute Gasteiger partial charge is 0.128 e. The topological polar surface area (TPSA) is 60.4 Å². The highest BCUT2D eigenvalue weighted by Crippen LogP contribution is 2.10. The monoisotopic (exact) mass is 300 g/mol. The number of rotatable bonds is 6. The van der Waals surface area contributed by atoms with E-state index >= 15 is 0 Å². The Morgan fingerprint density at radius 1 is 1.45 bits per heavy atom. The molecule has 5 nitrogen and oxygen atoms in total. The van der Waals surface area contributed by atoms with Crippen LogP contribution < -0.4 is 15.5 Å². The third-order valence-corrected chi connectivity index (χ3v) is 3.71. The summed E-state index contributed by atoms with van der Waals surface area (Å²) in [5.41, 5.74) is 1.17. The lowest BCUT2D eigenvalue weighted by Gasteiger charge is -2.16. The average Bonchev–Trinajstić information content (AvgIpc) is 2.84. The van der Waals surface area contributed by atoms with Gasteiger partial charge in [-0.25, -0.2) is 4.98 Å². The Labute approximate surface area is 127 Å². The Morgan fingerprint density at radius 3 is 2.80 bits per heavy atom.